The zero-order chi connectivity index (χ0) is 25.5. The Labute approximate surface area is 213 Å². The van der Waals surface area contributed by atoms with Crippen LogP contribution in [0.25, 0.3) is 0 Å². The second-order valence-corrected chi connectivity index (χ2v) is 10.4. The first-order valence-corrected chi connectivity index (χ1v) is 12.3. The van der Waals surface area contributed by atoms with Gasteiger partial charge in [-0.15, -0.1) is 0 Å². The first-order valence-electron chi connectivity index (χ1n) is 12.3. The van der Waals surface area contributed by atoms with E-state index < -0.39 is 12.1 Å². The normalized spacial score (nSPS) is 15.6. The molecule has 0 fully saturated rings. The number of hydrogen-bond acceptors (Lipinski definition) is 4. The van der Waals surface area contributed by atoms with Gasteiger partial charge in [0.2, 0.25) is 5.91 Å². The van der Waals surface area contributed by atoms with E-state index in [9.17, 15) is 9.59 Å². The monoisotopic (exact) mass is 486 g/mol. The van der Waals surface area contributed by atoms with Crippen LogP contribution in [0.4, 0.5) is 4.79 Å². The molecule has 0 aromatic heterocycles. The van der Waals surface area contributed by atoms with Gasteiger partial charge in [0.05, 0.1) is 0 Å². The molecular formula is C30H34N2O4. The first-order chi connectivity index (χ1) is 17.3. The molecule has 1 N–H and O–H groups in total. The molecule has 0 saturated heterocycles. The lowest BCUT2D eigenvalue weighted by molar-refractivity contribution is -0.135. The van der Waals surface area contributed by atoms with Crippen molar-refractivity contribution in [1.82, 2.24) is 10.2 Å². The summed E-state index contributed by atoms with van der Waals surface area (Å²) in [6.07, 6.45) is -0.201. The lowest BCUT2D eigenvalue weighted by Gasteiger charge is -2.31. The van der Waals surface area contributed by atoms with E-state index in [1.807, 2.05) is 83.8 Å². The predicted molar refractivity (Wildman–Crippen MR) is 139 cm³/mol. The summed E-state index contributed by atoms with van der Waals surface area (Å²) in [5.41, 5.74) is 3.93. The molecule has 0 radical (unpaired) electrons. The van der Waals surface area contributed by atoms with Crippen LogP contribution in [0.2, 0.25) is 0 Å². The maximum atomic E-state index is 13.5. The molecule has 3 aromatic rings. The first kappa shape index (κ1) is 25.3. The highest BCUT2D eigenvalue weighted by atomic mass is 16.5. The van der Waals surface area contributed by atoms with Crippen LogP contribution in [-0.2, 0) is 35.7 Å². The molecule has 188 valence electrons. The quantitative estimate of drug-likeness (QED) is 0.479. The van der Waals surface area contributed by atoms with E-state index in [1.54, 1.807) is 0 Å². The van der Waals surface area contributed by atoms with Crippen LogP contribution < -0.4 is 10.1 Å². The summed E-state index contributed by atoms with van der Waals surface area (Å²) in [4.78, 5) is 27.9. The summed E-state index contributed by atoms with van der Waals surface area (Å²) >= 11 is 0. The number of nitrogens with zero attached hydrogens (tertiary/aromatic N) is 1. The highest BCUT2D eigenvalue weighted by molar-refractivity contribution is 5.86. The highest BCUT2D eigenvalue weighted by Crippen LogP contribution is 2.27. The smallest absolute Gasteiger partial charge is 0.408 e. The van der Waals surface area contributed by atoms with Gasteiger partial charge in [0.25, 0.3) is 0 Å². The molecule has 1 heterocycles. The summed E-state index contributed by atoms with van der Waals surface area (Å²) < 4.78 is 11.4. The van der Waals surface area contributed by atoms with Gasteiger partial charge in [-0.1, -0.05) is 87.5 Å². The zero-order valence-electron chi connectivity index (χ0n) is 21.2. The van der Waals surface area contributed by atoms with Gasteiger partial charge in [-0.2, -0.15) is 0 Å². The number of carbonyl (C=O) groups excluding carboxylic acids is 2. The molecule has 1 aliphatic heterocycles. The maximum absolute atomic E-state index is 13.5. The van der Waals surface area contributed by atoms with E-state index in [-0.39, 0.29) is 17.9 Å². The third-order valence-electron chi connectivity index (χ3n) is 5.99. The van der Waals surface area contributed by atoms with Crippen LogP contribution in [0.1, 0.15) is 43.0 Å². The molecule has 2 amide bonds. The zero-order valence-corrected chi connectivity index (χ0v) is 21.2. The predicted octanol–water partition coefficient (Wildman–Crippen LogP) is 5.49. The minimum absolute atomic E-state index is 0.0973. The van der Waals surface area contributed by atoms with Gasteiger partial charge >= 0.3 is 6.09 Å². The molecule has 1 aliphatic rings. The van der Waals surface area contributed by atoms with Crippen molar-refractivity contribution >= 4 is 12.0 Å². The summed E-state index contributed by atoms with van der Waals surface area (Å²) in [5.74, 6) is 0.652. The molecule has 0 aliphatic carbocycles. The number of ether oxygens (including phenoxy) is 2. The number of carbonyl (C=O) groups is 2. The summed E-state index contributed by atoms with van der Waals surface area (Å²) in [6.45, 7) is 7.95. The number of alkyl carbamates (subject to hydrolysis) is 1. The second kappa shape index (κ2) is 11.3. The van der Waals surface area contributed by atoms with E-state index in [1.165, 1.54) is 0 Å². The number of nitrogens with one attached hydrogen (secondary N) is 1. The fourth-order valence-electron chi connectivity index (χ4n) is 4.32. The molecule has 0 unspecified atom stereocenters. The minimum Gasteiger partial charge on any atom is -0.489 e. The number of amides is 2. The number of fused-ring (bicyclic) bond motifs is 1. The highest BCUT2D eigenvalue weighted by Gasteiger charge is 2.33. The van der Waals surface area contributed by atoms with Gasteiger partial charge in [-0.05, 0) is 39.8 Å². The van der Waals surface area contributed by atoms with Crippen LogP contribution in [0, 0.1) is 5.41 Å². The van der Waals surface area contributed by atoms with Crippen LogP contribution >= 0.6 is 0 Å². The molecule has 36 heavy (non-hydrogen) atoms. The number of benzene rings is 3. The van der Waals surface area contributed by atoms with Crippen molar-refractivity contribution in [2.75, 3.05) is 6.54 Å². The third kappa shape index (κ3) is 7.11. The van der Waals surface area contributed by atoms with Crippen LogP contribution in [-0.4, -0.2) is 29.5 Å². The largest absolute Gasteiger partial charge is 0.489 e. The van der Waals surface area contributed by atoms with Gasteiger partial charge in [0.1, 0.15) is 25.0 Å². The number of rotatable bonds is 7. The van der Waals surface area contributed by atoms with Crippen molar-refractivity contribution in [2.24, 2.45) is 5.41 Å². The van der Waals surface area contributed by atoms with E-state index in [0.717, 1.165) is 28.0 Å². The second-order valence-electron chi connectivity index (χ2n) is 10.4. The molecule has 4 rings (SSSR count). The Morgan fingerprint density at radius 1 is 0.917 bits per heavy atom. The Bertz CT molecular complexity index is 1170. The van der Waals surface area contributed by atoms with E-state index in [2.05, 4.69) is 26.1 Å². The number of hydrogen-bond donors (Lipinski definition) is 1. The summed E-state index contributed by atoms with van der Waals surface area (Å²) in [5, 5.41) is 2.81. The molecule has 3 aromatic carbocycles. The van der Waals surface area contributed by atoms with Crippen molar-refractivity contribution in [2.45, 2.75) is 53.0 Å². The van der Waals surface area contributed by atoms with Crippen LogP contribution in [0.5, 0.6) is 5.75 Å². The van der Waals surface area contributed by atoms with E-state index in [4.69, 9.17) is 9.47 Å². The van der Waals surface area contributed by atoms with Crippen LogP contribution in [0.3, 0.4) is 0 Å². The Morgan fingerprint density at radius 3 is 2.19 bits per heavy atom. The van der Waals surface area contributed by atoms with E-state index in [0.29, 0.717) is 26.1 Å². The third-order valence-corrected chi connectivity index (χ3v) is 5.99. The van der Waals surface area contributed by atoms with Crippen molar-refractivity contribution in [3.05, 3.63) is 101 Å². The van der Waals surface area contributed by atoms with Crippen molar-refractivity contribution in [1.29, 1.82) is 0 Å². The van der Waals surface area contributed by atoms with Gasteiger partial charge in [-0.25, -0.2) is 4.79 Å². The minimum atomic E-state index is -0.701. The van der Waals surface area contributed by atoms with E-state index >= 15 is 0 Å². The Hall–Kier alpha value is -3.80. The molecular weight excluding hydrogens is 452 g/mol. The summed E-state index contributed by atoms with van der Waals surface area (Å²) in [7, 11) is 0. The lowest BCUT2D eigenvalue weighted by atomic mass is 9.95. The Balaban J connectivity index is 1.49. The Kier molecular flexibility index (Phi) is 7.93. The van der Waals surface area contributed by atoms with Gasteiger partial charge < -0.3 is 19.7 Å². The molecule has 6 nitrogen and oxygen atoms in total. The fraction of sp³-hybridized carbons (Fsp3) is 0.333. The molecule has 0 spiro atoms. The van der Waals surface area contributed by atoms with Gasteiger partial charge in [0.15, 0.2) is 0 Å². The topological polar surface area (TPSA) is 67.9 Å². The van der Waals surface area contributed by atoms with Gasteiger partial charge in [-0.3, -0.25) is 4.79 Å². The van der Waals surface area contributed by atoms with Crippen molar-refractivity contribution in [3.8, 4) is 5.75 Å². The van der Waals surface area contributed by atoms with Gasteiger partial charge in [0, 0.05) is 19.5 Å². The standard InChI is InChI=1S/C30H34N2O4/c1-30(2,3)21-32-18-25-16-26(35-19-22-10-6-4-7-11-22)15-14-24(25)17-27(28(32)33)31-29(34)36-20-23-12-8-5-9-13-23/h4-16,27H,17-21H2,1-3H3,(H,31,34)/t27-/m1/s1. The SMILES string of the molecule is CC(C)(C)CN1Cc2cc(OCc3ccccc3)ccc2C[C@@H](NC(=O)OCc2ccccc2)C1=O. The average molecular weight is 487 g/mol. The summed E-state index contributed by atoms with van der Waals surface area (Å²) in [6, 6.07) is 24.7. The molecule has 0 bridgehead atoms. The van der Waals surface area contributed by atoms with Crippen LogP contribution in [0.15, 0.2) is 78.9 Å². The molecule has 1 atom stereocenters. The molecule has 0 saturated carbocycles. The average Bonchev–Trinajstić information content (AvgIpc) is 2.98. The Morgan fingerprint density at radius 2 is 1.56 bits per heavy atom. The van der Waals surface area contributed by atoms with Crippen molar-refractivity contribution in [3.63, 3.8) is 0 Å². The van der Waals surface area contributed by atoms with Crippen molar-refractivity contribution < 1.29 is 19.1 Å². The molecule has 6 heteroatoms. The lowest BCUT2D eigenvalue weighted by Crippen LogP contribution is -2.49. The fourth-order valence-corrected chi connectivity index (χ4v) is 4.32. The maximum Gasteiger partial charge on any atom is 0.408 e.